The van der Waals surface area contributed by atoms with E-state index in [1.54, 1.807) is 0 Å². The van der Waals surface area contributed by atoms with Gasteiger partial charge < -0.3 is 14.8 Å². The highest BCUT2D eigenvalue weighted by Gasteiger charge is 2.27. The Labute approximate surface area is 123 Å². The third kappa shape index (κ3) is 5.38. The van der Waals surface area contributed by atoms with Gasteiger partial charge in [-0.05, 0) is 19.8 Å². The van der Waals surface area contributed by atoms with Crippen LogP contribution in [0.1, 0.15) is 40.5 Å². The van der Waals surface area contributed by atoms with Crippen LogP contribution in [0.5, 0.6) is 0 Å². The molecular formula is C15H30N2O3. The summed E-state index contributed by atoms with van der Waals surface area (Å²) in [6, 6.07) is 0.504. The molecule has 0 aromatic rings. The van der Waals surface area contributed by atoms with E-state index in [1.165, 1.54) is 7.11 Å². The highest BCUT2D eigenvalue weighted by atomic mass is 16.5. The molecule has 1 aliphatic heterocycles. The summed E-state index contributed by atoms with van der Waals surface area (Å²) < 4.78 is 10.6. The average Bonchev–Trinajstić information content (AvgIpc) is 2.42. The summed E-state index contributed by atoms with van der Waals surface area (Å²) in [7, 11) is 1.45. The minimum atomic E-state index is -0.226. The van der Waals surface area contributed by atoms with Crippen molar-refractivity contribution in [2.75, 3.05) is 26.8 Å². The van der Waals surface area contributed by atoms with Gasteiger partial charge in [-0.1, -0.05) is 20.8 Å². The number of methoxy groups -OCH3 is 1. The van der Waals surface area contributed by atoms with Crippen LogP contribution < -0.4 is 5.32 Å². The van der Waals surface area contributed by atoms with Gasteiger partial charge in [-0.3, -0.25) is 9.69 Å². The number of ether oxygens (including phenoxy) is 2. The zero-order valence-corrected chi connectivity index (χ0v) is 13.5. The Hall–Kier alpha value is -0.650. The van der Waals surface area contributed by atoms with E-state index < -0.39 is 0 Å². The summed E-state index contributed by atoms with van der Waals surface area (Å²) in [6.45, 7) is 11.0. The Kier molecular flexibility index (Phi) is 7.48. The van der Waals surface area contributed by atoms with Crippen LogP contribution in [-0.4, -0.2) is 61.9 Å². The first-order valence-electron chi connectivity index (χ1n) is 7.67. The zero-order valence-electron chi connectivity index (χ0n) is 13.5. The normalized spacial score (nSPS) is 25.7. The number of nitrogens with one attached hydrogen (secondary N) is 1. The zero-order chi connectivity index (χ0) is 15.1. The van der Waals surface area contributed by atoms with Crippen molar-refractivity contribution in [2.45, 2.75) is 64.8 Å². The van der Waals surface area contributed by atoms with E-state index in [4.69, 9.17) is 9.47 Å². The van der Waals surface area contributed by atoms with Gasteiger partial charge in [0.2, 0.25) is 0 Å². The van der Waals surface area contributed by atoms with Crippen molar-refractivity contribution in [1.82, 2.24) is 10.2 Å². The summed E-state index contributed by atoms with van der Waals surface area (Å²) >= 11 is 0. The lowest BCUT2D eigenvalue weighted by Crippen LogP contribution is -2.51. The van der Waals surface area contributed by atoms with Gasteiger partial charge in [-0.15, -0.1) is 0 Å². The van der Waals surface area contributed by atoms with E-state index in [0.29, 0.717) is 6.04 Å². The molecule has 0 bridgehead atoms. The third-order valence-electron chi connectivity index (χ3n) is 3.78. The Morgan fingerprint density at radius 3 is 2.75 bits per heavy atom. The van der Waals surface area contributed by atoms with Crippen LogP contribution in [0.15, 0.2) is 0 Å². The minimum absolute atomic E-state index is 0.173. The van der Waals surface area contributed by atoms with Crippen LogP contribution in [0.4, 0.5) is 0 Å². The Bertz CT molecular complexity index is 297. The molecule has 5 heteroatoms. The van der Waals surface area contributed by atoms with E-state index in [2.05, 4.69) is 24.1 Å². The number of morpholine rings is 1. The van der Waals surface area contributed by atoms with Crippen molar-refractivity contribution in [1.29, 1.82) is 0 Å². The van der Waals surface area contributed by atoms with E-state index in [9.17, 15) is 4.79 Å². The Morgan fingerprint density at radius 1 is 1.50 bits per heavy atom. The molecule has 1 N–H and O–H groups in total. The molecule has 0 saturated carbocycles. The maximum atomic E-state index is 11.8. The molecule has 1 heterocycles. The second-order valence-corrected chi connectivity index (χ2v) is 5.89. The topological polar surface area (TPSA) is 50.8 Å². The van der Waals surface area contributed by atoms with Crippen LogP contribution in [0.3, 0.4) is 0 Å². The number of esters is 1. The molecule has 20 heavy (non-hydrogen) atoms. The standard InChI is InChI=1S/C15H30N2O3/c1-6-13-10-20-12(4)9-17(13)8-7-14(15(18)19-5)16-11(2)3/h11-14,16H,6-10H2,1-5H3. The first-order chi connectivity index (χ1) is 9.47. The van der Waals surface area contributed by atoms with Gasteiger partial charge in [0.1, 0.15) is 6.04 Å². The second kappa shape index (κ2) is 8.60. The minimum Gasteiger partial charge on any atom is -0.468 e. The summed E-state index contributed by atoms with van der Waals surface area (Å²) in [6.07, 6.45) is 2.12. The lowest BCUT2D eigenvalue weighted by molar-refractivity contribution is -0.143. The van der Waals surface area contributed by atoms with E-state index in [-0.39, 0.29) is 24.2 Å². The van der Waals surface area contributed by atoms with Gasteiger partial charge >= 0.3 is 5.97 Å². The number of carbonyl (C=O) groups is 1. The van der Waals surface area contributed by atoms with Crippen LogP contribution in [0, 0.1) is 0 Å². The van der Waals surface area contributed by atoms with Crippen LogP contribution >= 0.6 is 0 Å². The molecule has 1 aliphatic rings. The molecule has 0 amide bonds. The summed E-state index contributed by atoms with van der Waals surface area (Å²) in [5.74, 6) is -0.173. The first kappa shape index (κ1) is 17.4. The average molecular weight is 286 g/mol. The predicted octanol–water partition coefficient (Wildman–Crippen LogP) is 1.42. The fourth-order valence-electron chi connectivity index (χ4n) is 2.67. The Morgan fingerprint density at radius 2 is 2.20 bits per heavy atom. The monoisotopic (exact) mass is 286 g/mol. The molecule has 0 aromatic carbocycles. The molecule has 5 nitrogen and oxygen atoms in total. The maximum absolute atomic E-state index is 11.8. The molecule has 1 saturated heterocycles. The number of nitrogens with zero attached hydrogens (tertiary/aromatic N) is 1. The summed E-state index contributed by atoms with van der Waals surface area (Å²) in [4.78, 5) is 14.2. The van der Waals surface area contributed by atoms with Crippen molar-refractivity contribution in [2.24, 2.45) is 0 Å². The quantitative estimate of drug-likeness (QED) is 0.717. The van der Waals surface area contributed by atoms with Crippen LogP contribution in [0.2, 0.25) is 0 Å². The van der Waals surface area contributed by atoms with E-state index in [0.717, 1.165) is 32.5 Å². The molecule has 3 atom stereocenters. The summed E-state index contributed by atoms with van der Waals surface area (Å²) in [5.41, 5.74) is 0. The Balaban J connectivity index is 2.53. The van der Waals surface area contributed by atoms with Gasteiger partial charge in [-0.2, -0.15) is 0 Å². The van der Waals surface area contributed by atoms with E-state index >= 15 is 0 Å². The smallest absolute Gasteiger partial charge is 0.322 e. The molecule has 1 fully saturated rings. The maximum Gasteiger partial charge on any atom is 0.322 e. The SMILES string of the molecule is CCC1COC(C)CN1CCC(NC(C)C)C(=O)OC. The second-order valence-electron chi connectivity index (χ2n) is 5.89. The number of carbonyl (C=O) groups excluding carboxylic acids is 1. The molecule has 0 aliphatic carbocycles. The molecule has 118 valence electrons. The van der Waals surface area contributed by atoms with Gasteiger partial charge in [0.25, 0.3) is 0 Å². The number of hydrogen-bond donors (Lipinski definition) is 1. The highest BCUT2D eigenvalue weighted by molar-refractivity contribution is 5.75. The van der Waals surface area contributed by atoms with Crippen molar-refractivity contribution >= 4 is 5.97 Å². The number of hydrogen-bond acceptors (Lipinski definition) is 5. The third-order valence-corrected chi connectivity index (χ3v) is 3.78. The highest BCUT2D eigenvalue weighted by Crippen LogP contribution is 2.15. The van der Waals surface area contributed by atoms with Crippen LogP contribution in [-0.2, 0) is 14.3 Å². The largest absolute Gasteiger partial charge is 0.468 e. The van der Waals surface area contributed by atoms with Crippen molar-refractivity contribution in [3.8, 4) is 0 Å². The predicted molar refractivity (Wildman–Crippen MR) is 79.8 cm³/mol. The first-order valence-corrected chi connectivity index (χ1v) is 7.67. The van der Waals surface area contributed by atoms with Gasteiger partial charge in [-0.25, -0.2) is 0 Å². The fourth-order valence-corrected chi connectivity index (χ4v) is 2.67. The van der Waals surface area contributed by atoms with Gasteiger partial charge in [0.05, 0.1) is 19.8 Å². The van der Waals surface area contributed by atoms with E-state index in [1.807, 2.05) is 13.8 Å². The molecule has 0 aromatic heterocycles. The van der Waals surface area contributed by atoms with Gasteiger partial charge in [0.15, 0.2) is 0 Å². The van der Waals surface area contributed by atoms with Crippen LogP contribution in [0.25, 0.3) is 0 Å². The fraction of sp³-hybridized carbons (Fsp3) is 0.933. The summed E-state index contributed by atoms with van der Waals surface area (Å²) in [5, 5.41) is 3.28. The van der Waals surface area contributed by atoms with Crippen molar-refractivity contribution in [3.63, 3.8) is 0 Å². The molecule has 0 spiro atoms. The van der Waals surface area contributed by atoms with Gasteiger partial charge in [0, 0.05) is 25.2 Å². The number of rotatable bonds is 7. The van der Waals surface area contributed by atoms with Crippen molar-refractivity contribution in [3.05, 3.63) is 0 Å². The molecule has 0 radical (unpaired) electrons. The molecular weight excluding hydrogens is 256 g/mol. The lowest BCUT2D eigenvalue weighted by Gasteiger charge is -2.38. The van der Waals surface area contributed by atoms with Crippen molar-refractivity contribution < 1.29 is 14.3 Å². The molecule has 1 rings (SSSR count). The lowest BCUT2D eigenvalue weighted by atomic mass is 10.1. The molecule has 3 unspecified atom stereocenters.